The van der Waals surface area contributed by atoms with E-state index in [2.05, 4.69) is 11.6 Å². The molecule has 3 nitrogen and oxygen atoms in total. The summed E-state index contributed by atoms with van der Waals surface area (Å²) in [5, 5.41) is 0. The summed E-state index contributed by atoms with van der Waals surface area (Å²) in [6, 6.07) is 1.73. The lowest BCUT2D eigenvalue weighted by Gasteiger charge is -2.01. The second-order valence-corrected chi connectivity index (χ2v) is 2.82. The van der Waals surface area contributed by atoms with Gasteiger partial charge in [-0.15, -0.1) is 0 Å². The molecule has 0 bridgehead atoms. The van der Waals surface area contributed by atoms with Crippen LogP contribution in [-0.4, -0.2) is 17.6 Å². The van der Waals surface area contributed by atoms with E-state index >= 15 is 0 Å². The quantitative estimate of drug-likeness (QED) is 0.557. The highest BCUT2D eigenvalue weighted by molar-refractivity contribution is 5.89. The van der Waals surface area contributed by atoms with E-state index < -0.39 is 0 Å². The number of allylic oxidation sites excluding steroid dienone is 2. The zero-order valence-corrected chi connectivity index (χ0v) is 8.64. The fourth-order valence-corrected chi connectivity index (χ4v) is 1.05. The number of nitrogens with zero attached hydrogens (tertiary/aromatic N) is 1. The number of hydrogen-bond donors (Lipinski definition) is 0. The van der Waals surface area contributed by atoms with Crippen molar-refractivity contribution in [2.24, 2.45) is 0 Å². The molecular weight excluding hydrogens is 190 g/mol. The van der Waals surface area contributed by atoms with Gasteiger partial charge >= 0.3 is 5.97 Å². The summed E-state index contributed by atoms with van der Waals surface area (Å²) in [5.41, 5.74) is 1.31. The van der Waals surface area contributed by atoms with Crippen LogP contribution < -0.4 is 0 Å². The molecule has 0 aliphatic heterocycles. The van der Waals surface area contributed by atoms with Crippen LogP contribution in [0, 0.1) is 0 Å². The van der Waals surface area contributed by atoms with Crippen molar-refractivity contribution in [1.29, 1.82) is 0 Å². The Morgan fingerprint density at radius 1 is 1.60 bits per heavy atom. The highest BCUT2D eigenvalue weighted by Gasteiger charge is 2.05. The molecule has 0 aliphatic carbocycles. The molecule has 0 saturated heterocycles. The lowest BCUT2D eigenvalue weighted by molar-refractivity contribution is 0.0526. The SMILES string of the molecule is C=C/C=C\c1cncc(C(=O)OCC)c1. The zero-order chi connectivity index (χ0) is 11.1. The minimum absolute atomic E-state index is 0.348. The van der Waals surface area contributed by atoms with Gasteiger partial charge in [-0.2, -0.15) is 0 Å². The van der Waals surface area contributed by atoms with Crippen LogP contribution in [0.1, 0.15) is 22.8 Å². The van der Waals surface area contributed by atoms with E-state index in [4.69, 9.17) is 4.74 Å². The normalized spacial score (nSPS) is 10.2. The topological polar surface area (TPSA) is 39.2 Å². The summed E-state index contributed by atoms with van der Waals surface area (Å²) in [5.74, 6) is -0.348. The number of esters is 1. The van der Waals surface area contributed by atoms with Crippen LogP contribution in [0.4, 0.5) is 0 Å². The van der Waals surface area contributed by atoms with Gasteiger partial charge in [-0.1, -0.05) is 24.8 Å². The van der Waals surface area contributed by atoms with Gasteiger partial charge in [0.25, 0.3) is 0 Å². The molecule has 0 unspecified atom stereocenters. The first-order valence-corrected chi connectivity index (χ1v) is 4.69. The zero-order valence-electron chi connectivity index (χ0n) is 8.64. The Morgan fingerprint density at radius 2 is 2.40 bits per heavy atom. The Bertz CT molecular complexity index is 383. The first-order chi connectivity index (χ1) is 7.27. The summed E-state index contributed by atoms with van der Waals surface area (Å²) >= 11 is 0. The first-order valence-electron chi connectivity index (χ1n) is 4.69. The fraction of sp³-hybridized carbons (Fsp3) is 0.167. The van der Waals surface area contributed by atoms with Crippen molar-refractivity contribution in [3.63, 3.8) is 0 Å². The summed E-state index contributed by atoms with van der Waals surface area (Å²) < 4.78 is 4.86. The van der Waals surface area contributed by atoms with Crippen LogP contribution in [0.15, 0.2) is 37.2 Å². The van der Waals surface area contributed by atoms with Crippen LogP contribution in [0.2, 0.25) is 0 Å². The first kappa shape index (κ1) is 11.2. The van der Waals surface area contributed by atoms with E-state index in [0.29, 0.717) is 12.2 Å². The van der Waals surface area contributed by atoms with Gasteiger partial charge in [-0.3, -0.25) is 4.98 Å². The molecule has 1 heterocycles. The number of hydrogen-bond acceptors (Lipinski definition) is 3. The largest absolute Gasteiger partial charge is 0.462 e. The van der Waals surface area contributed by atoms with Gasteiger partial charge in [0.2, 0.25) is 0 Å². The van der Waals surface area contributed by atoms with E-state index in [1.54, 1.807) is 31.3 Å². The van der Waals surface area contributed by atoms with Gasteiger partial charge in [0, 0.05) is 12.4 Å². The minimum Gasteiger partial charge on any atom is -0.462 e. The summed E-state index contributed by atoms with van der Waals surface area (Å²) in [7, 11) is 0. The third kappa shape index (κ3) is 3.38. The molecule has 0 aliphatic rings. The molecule has 78 valence electrons. The van der Waals surface area contributed by atoms with Crippen molar-refractivity contribution in [2.45, 2.75) is 6.92 Å². The van der Waals surface area contributed by atoms with Gasteiger partial charge in [0.15, 0.2) is 0 Å². The summed E-state index contributed by atoms with van der Waals surface area (Å²) in [4.78, 5) is 15.3. The Balaban J connectivity index is 2.86. The highest BCUT2D eigenvalue weighted by atomic mass is 16.5. The molecule has 0 saturated carbocycles. The van der Waals surface area contributed by atoms with Crippen molar-refractivity contribution in [3.8, 4) is 0 Å². The molecular formula is C12H13NO2. The van der Waals surface area contributed by atoms with Crippen LogP contribution >= 0.6 is 0 Å². The third-order valence-corrected chi connectivity index (χ3v) is 1.70. The third-order valence-electron chi connectivity index (χ3n) is 1.70. The standard InChI is InChI=1S/C12H13NO2/c1-3-5-6-10-7-11(9-13-8-10)12(14)15-4-2/h3,5-9H,1,4H2,2H3/b6-5-. The maximum atomic E-state index is 11.4. The number of aromatic nitrogens is 1. The number of carbonyl (C=O) groups excluding carboxylic acids is 1. The average Bonchev–Trinajstić information content (AvgIpc) is 2.27. The Labute approximate surface area is 89.1 Å². The van der Waals surface area contributed by atoms with Crippen LogP contribution in [-0.2, 0) is 4.74 Å². The molecule has 0 N–H and O–H groups in total. The van der Waals surface area contributed by atoms with Gasteiger partial charge in [-0.05, 0) is 18.6 Å². The lowest BCUT2D eigenvalue weighted by Crippen LogP contribution is -2.05. The second-order valence-electron chi connectivity index (χ2n) is 2.82. The highest BCUT2D eigenvalue weighted by Crippen LogP contribution is 2.06. The van der Waals surface area contributed by atoms with E-state index in [9.17, 15) is 4.79 Å². The molecule has 1 rings (SSSR count). The van der Waals surface area contributed by atoms with Gasteiger partial charge < -0.3 is 4.74 Å². The fourth-order valence-electron chi connectivity index (χ4n) is 1.05. The molecule has 3 heteroatoms. The molecule has 0 spiro atoms. The Kier molecular flexibility index (Phi) is 4.29. The van der Waals surface area contributed by atoms with E-state index in [0.717, 1.165) is 5.56 Å². The monoisotopic (exact) mass is 203 g/mol. The molecule has 0 aromatic carbocycles. The van der Waals surface area contributed by atoms with Crippen LogP contribution in [0.5, 0.6) is 0 Å². The number of ether oxygens (including phenoxy) is 1. The molecule has 15 heavy (non-hydrogen) atoms. The maximum absolute atomic E-state index is 11.4. The van der Waals surface area contributed by atoms with Crippen LogP contribution in [0.25, 0.3) is 6.08 Å². The van der Waals surface area contributed by atoms with E-state index in [1.807, 2.05) is 6.08 Å². The molecule has 0 amide bonds. The number of pyridine rings is 1. The summed E-state index contributed by atoms with van der Waals surface area (Å²) in [6.45, 7) is 5.70. The molecule has 1 aromatic heterocycles. The molecule has 0 fully saturated rings. The molecule has 1 aromatic rings. The van der Waals surface area contributed by atoms with Crippen molar-refractivity contribution in [1.82, 2.24) is 4.98 Å². The van der Waals surface area contributed by atoms with Gasteiger partial charge in [-0.25, -0.2) is 4.79 Å². The van der Waals surface area contributed by atoms with Gasteiger partial charge in [0.05, 0.1) is 12.2 Å². The van der Waals surface area contributed by atoms with Crippen molar-refractivity contribution in [2.75, 3.05) is 6.61 Å². The smallest absolute Gasteiger partial charge is 0.339 e. The number of rotatable bonds is 4. The van der Waals surface area contributed by atoms with Crippen molar-refractivity contribution in [3.05, 3.63) is 48.3 Å². The van der Waals surface area contributed by atoms with Crippen LogP contribution in [0.3, 0.4) is 0 Å². The Morgan fingerprint density at radius 3 is 3.07 bits per heavy atom. The predicted octanol–water partition coefficient (Wildman–Crippen LogP) is 2.46. The van der Waals surface area contributed by atoms with Gasteiger partial charge in [0.1, 0.15) is 0 Å². The van der Waals surface area contributed by atoms with Crippen molar-refractivity contribution < 1.29 is 9.53 Å². The number of carbonyl (C=O) groups is 1. The predicted molar refractivity (Wildman–Crippen MR) is 59.4 cm³/mol. The Hall–Kier alpha value is -1.90. The minimum atomic E-state index is -0.348. The van der Waals surface area contributed by atoms with E-state index in [1.165, 1.54) is 6.20 Å². The average molecular weight is 203 g/mol. The molecule has 0 atom stereocenters. The molecule has 0 radical (unpaired) electrons. The maximum Gasteiger partial charge on any atom is 0.339 e. The van der Waals surface area contributed by atoms with E-state index in [-0.39, 0.29) is 5.97 Å². The lowest BCUT2D eigenvalue weighted by atomic mass is 10.2. The second kappa shape index (κ2) is 5.75. The summed E-state index contributed by atoms with van der Waals surface area (Å²) in [6.07, 6.45) is 8.43. The van der Waals surface area contributed by atoms with Crippen molar-refractivity contribution >= 4 is 12.0 Å².